The third-order valence-corrected chi connectivity index (χ3v) is 7.46. The van der Waals surface area contributed by atoms with Crippen LogP contribution in [0.5, 0.6) is 0 Å². The summed E-state index contributed by atoms with van der Waals surface area (Å²) in [5.41, 5.74) is 6.29. The van der Waals surface area contributed by atoms with E-state index >= 15 is 0 Å². The fourth-order valence-corrected chi connectivity index (χ4v) is 5.21. The van der Waals surface area contributed by atoms with Gasteiger partial charge in [0.2, 0.25) is 11.8 Å². The van der Waals surface area contributed by atoms with Gasteiger partial charge in [0.05, 0.1) is 35.7 Å². The molecular formula is C29H27FN8O4. The highest BCUT2D eigenvalue weighted by molar-refractivity contribution is 6.08. The zero-order valence-electron chi connectivity index (χ0n) is 23.3. The minimum atomic E-state index is -1.43. The number of esters is 1. The van der Waals surface area contributed by atoms with Crippen LogP contribution < -0.4 is 11.1 Å². The quantitative estimate of drug-likeness (QED) is 0.276. The van der Waals surface area contributed by atoms with Gasteiger partial charge in [0, 0.05) is 18.2 Å². The van der Waals surface area contributed by atoms with Crippen molar-refractivity contribution in [2.24, 2.45) is 5.41 Å². The number of hydrogen-bond donors (Lipinski definition) is 2. The van der Waals surface area contributed by atoms with Crippen molar-refractivity contribution in [2.75, 3.05) is 18.2 Å². The van der Waals surface area contributed by atoms with Crippen molar-refractivity contribution >= 4 is 34.5 Å². The van der Waals surface area contributed by atoms with E-state index in [1.807, 2.05) is 6.07 Å². The fraction of sp³-hybridized carbons (Fsp3) is 0.276. The molecule has 0 fully saturated rings. The van der Waals surface area contributed by atoms with Crippen molar-refractivity contribution in [2.45, 2.75) is 39.2 Å². The van der Waals surface area contributed by atoms with Crippen LogP contribution >= 0.6 is 0 Å². The molecule has 0 saturated carbocycles. The maximum absolute atomic E-state index is 14.4. The number of fused-ring (bicyclic) bond motifs is 2. The van der Waals surface area contributed by atoms with E-state index in [4.69, 9.17) is 14.9 Å². The number of rotatable bonds is 7. The molecule has 0 radical (unpaired) electrons. The number of amides is 1. The summed E-state index contributed by atoms with van der Waals surface area (Å²) >= 11 is 0. The van der Waals surface area contributed by atoms with Gasteiger partial charge in [-0.05, 0) is 39.0 Å². The maximum atomic E-state index is 14.4. The Balaban J connectivity index is 1.39. The summed E-state index contributed by atoms with van der Waals surface area (Å²) in [5.74, 6) is -0.733. The van der Waals surface area contributed by atoms with E-state index in [-0.39, 0.29) is 42.1 Å². The Hall–Kier alpha value is -5.20. The predicted molar refractivity (Wildman–Crippen MR) is 150 cm³/mol. The molecular weight excluding hydrogens is 543 g/mol. The number of carbonyl (C=O) groups excluding carboxylic acids is 2. The van der Waals surface area contributed by atoms with Crippen molar-refractivity contribution in [3.63, 3.8) is 0 Å². The molecule has 0 bridgehead atoms. The summed E-state index contributed by atoms with van der Waals surface area (Å²) in [6.07, 6.45) is 3.25. The lowest BCUT2D eigenvalue weighted by Gasteiger charge is -2.20. The van der Waals surface area contributed by atoms with E-state index in [9.17, 15) is 14.0 Å². The van der Waals surface area contributed by atoms with E-state index in [0.29, 0.717) is 33.5 Å². The number of halogens is 1. The average molecular weight is 571 g/mol. The third-order valence-electron chi connectivity index (χ3n) is 7.46. The minimum absolute atomic E-state index is 0.0335. The number of pyridine rings is 1. The largest absolute Gasteiger partial charge is 0.469 e. The Morgan fingerprint density at radius 2 is 1.98 bits per heavy atom. The molecule has 0 spiro atoms. The van der Waals surface area contributed by atoms with Crippen LogP contribution in [-0.2, 0) is 32.7 Å². The number of anilines is 2. The molecule has 1 aliphatic rings. The summed E-state index contributed by atoms with van der Waals surface area (Å²) in [4.78, 5) is 43.6. The van der Waals surface area contributed by atoms with Gasteiger partial charge in [0.15, 0.2) is 16.9 Å². The fourth-order valence-electron chi connectivity index (χ4n) is 5.21. The Bertz CT molecular complexity index is 1880. The second-order valence-corrected chi connectivity index (χ2v) is 10.9. The van der Waals surface area contributed by atoms with Crippen molar-refractivity contribution in [3.05, 3.63) is 77.4 Å². The number of nitrogen functional groups attached to an aromatic ring is 1. The lowest BCUT2D eigenvalue weighted by Crippen LogP contribution is -2.33. The third kappa shape index (κ3) is 4.24. The minimum Gasteiger partial charge on any atom is -0.469 e. The molecule has 1 atom stereocenters. The molecule has 13 heteroatoms. The topological polar surface area (TPSA) is 164 Å². The Labute approximate surface area is 239 Å². The van der Waals surface area contributed by atoms with Crippen molar-refractivity contribution in [1.82, 2.24) is 29.7 Å². The Kier molecular flexibility index (Phi) is 6.24. The average Bonchev–Trinajstić information content (AvgIpc) is 3.64. The van der Waals surface area contributed by atoms with Crippen LogP contribution in [0.4, 0.5) is 16.0 Å². The lowest BCUT2D eigenvalue weighted by molar-refractivity contribution is -0.150. The van der Waals surface area contributed by atoms with Gasteiger partial charge in [-0.2, -0.15) is 5.10 Å². The molecule has 1 unspecified atom stereocenters. The Morgan fingerprint density at radius 1 is 1.19 bits per heavy atom. The molecule has 1 amide bonds. The first-order valence-corrected chi connectivity index (χ1v) is 13.1. The molecule has 12 nitrogen and oxygen atoms in total. The summed E-state index contributed by atoms with van der Waals surface area (Å²) in [7, 11) is 1.32. The summed E-state index contributed by atoms with van der Waals surface area (Å²) in [6, 6.07) is 9.99. The highest BCUT2D eigenvalue weighted by atomic mass is 19.1. The molecule has 5 aromatic rings. The van der Waals surface area contributed by atoms with Crippen LogP contribution in [-0.4, -0.2) is 48.7 Å². The molecule has 1 aromatic carbocycles. The van der Waals surface area contributed by atoms with Crippen LogP contribution in [0.15, 0.2) is 53.3 Å². The second kappa shape index (κ2) is 9.72. The molecule has 3 N–H and O–H groups in total. The summed E-state index contributed by atoms with van der Waals surface area (Å²) in [5, 5.41) is 8.07. The number of nitrogens with zero attached hydrogens (tertiary/aromatic N) is 6. The maximum Gasteiger partial charge on any atom is 0.311 e. The lowest BCUT2D eigenvalue weighted by atomic mass is 9.84. The van der Waals surface area contributed by atoms with E-state index in [1.54, 1.807) is 55.9 Å². The molecule has 42 heavy (non-hydrogen) atoms. The number of hydrogen-bond acceptors (Lipinski definition) is 10. The van der Waals surface area contributed by atoms with Crippen LogP contribution in [0.2, 0.25) is 0 Å². The summed E-state index contributed by atoms with van der Waals surface area (Å²) < 4.78 is 26.6. The van der Waals surface area contributed by atoms with Gasteiger partial charge in [-0.3, -0.25) is 9.59 Å². The Morgan fingerprint density at radius 3 is 2.74 bits per heavy atom. The number of nitrogens with two attached hydrogens (primary N) is 1. The first kappa shape index (κ1) is 27.0. The normalized spacial score (nSPS) is 16.5. The highest BCUT2D eigenvalue weighted by Gasteiger charge is 2.51. The number of aromatic nitrogens is 6. The summed E-state index contributed by atoms with van der Waals surface area (Å²) in [6.45, 7) is 5.22. The molecule has 0 saturated heterocycles. The number of oxazole rings is 1. The first-order chi connectivity index (χ1) is 20.0. The smallest absolute Gasteiger partial charge is 0.311 e. The molecule has 6 rings (SSSR count). The van der Waals surface area contributed by atoms with Gasteiger partial charge in [-0.15, -0.1) is 0 Å². The number of ether oxygens (including phenoxy) is 1. The molecule has 1 aliphatic heterocycles. The molecule has 5 heterocycles. The van der Waals surface area contributed by atoms with Gasteiger partial charge in [0.25, 0.3) is 0 Å². The first-order valence-electron chi connectivity index (χ1n) is 13.1. The van der Waals surface area contributed by atoms with E-state index in [2.05, 4.69) is 30.4 Å². The zero-order valence-corrected chi connectivity index (χ0v) is 23.3. The van der Waals surface area contributed by atoms with Gasteiger partial charge in [-0.25, -0.2) is 29.0 Å². The van der Waals surface area contributed by atoms with Gasteiger partial charge < -0.3 is 20.2 Å². The highest BCUT2D eigenvalue weighted by Crippen LogP contribution is 2.45. The standard InChI is InChI=1S/C29H27FN8O4/c1-28(2,27(40)41-4)12-16-14-42-26(33-16)29(3)19-21(31)34-23(35-22(19)36-25(29)39)20-17-9-7-11-32-24(17)38(37-20)13-15-8-5-6-10-18(15)30/h5-11,14H,12-13H2,1-4H3,(H3,31,34,35,36,39). The SMILES string of the molecule is COC(=O)C(C)(C)Cc1coc(C2(C)C(=O)Nc3nc(-c4nn(Cc5ccccc5F)c5ncccc45)nc(N)c32)n1. The zero-order chi connectivity index (χ0) is 29.8. The van der Waals surface area contributed by atoms with Gasteiger partial charge >= 0.3 is 5.97 Å². The van der Waals surface area contributed by atoms with E-state index < -0.39 is 22.7 Å². The van der Waals surface area contributed by atoms with Crippen molar-refractivity contribution in [3.8, 4) is 11.5 Å². The number of methoxy groups -OCH3 is 1. The number of nitrogens with one attached hydrogen (secondary N) is 1. The van der Waals surface area contributed by atoms with Gasteiger partial charge in [0.1, 0.15) is 29.4 Å². The van der Waals surface area contributed by atoms with Crippen LogP contribution in [0.25, 0.3) is 22.6 Å². The molecule has 4 aromatic heterocycles. The van der Waals surface area contributed by atoms with Crippen molar-refractivity contribution < 1.29 is 23.1 Å². The van der Waals surface area contributed by atoms with Crippen LogP contribution in [0, 0.1) is 11.2 Å². The van der Waals surface area contributed by atoms with Crippen LogP contribution in [0.1, 0.15) is 43.5 Å². The van der Waals surface area contributed by atoms with Gasteiger partial charge in [-0.1, -0.05) is 18.2 Å². The molecule has 0 aliphatic carbocycles. The molecule has 214 valence electrons. The number of carbonyl (C=O) groups is 2. The van der Waals surface area contributed by atoms with Crippen LogP contribution in [0.3, 0.4) is 0 Å². The monoisotopic (exact) mass is 570 g/mol. The van der Waals surface area contributed by atoms with E-state index in [0.717, 1.165) is 0 Å². The number of benzene rings is 1. The van der Waals surface area contributed by atoms with E-state index in [1.165, 1.54) is 19.4 Å². The second-order valence-electron chi connectivity index (χ2n) is 10.9. The van der Waals surface area contributed by atoms with Crippen molar-refractivity contribution in [1.29, 1.82) is 0 Å². The predicted octanol–water partition coefficient (Wildman–Crippen LogP) is 3.65.